The Labute approximate surface area is 136 Å². The molecule has 0 spiro atoms. The van der Waals surface area contributed by atoms with Gasteiger partial charge in [0.15, 0.2) is 0 Å². The molecule has 7 heteroatoms. The fourth-order valence-electron chi connectivity index (χ4n) is 2.35. The fourth-order valence-corrected chi connectivity index (χ4v) is 2.57. The van der Waals surface area contributed by atoms with Crippen molar-refractivity contribution in [2.75, 3.05) is 18.4 Å². The number of amides is 1. The molecule has 2 heterocycles. The molecule has 1 N–H and O–H groups in total. The van der Waals surface area contributed by atoms with Crippen LogP contribution in [-0.4, -0.2) is 45.7 Å². The van der Waals surface area contributed by atoms with E-state index in [1.165, 1.54) is 0 Å². The maximum absolute atomic E-state index is 12.0. The molecule has 1 aliphatic rings. The van der Waals surface area contributed by atoms with E-state index in [1.54, 1.807) is 11.0 Å². The molecule has 0 radical (unpaired) electrons. The zero-order chi connectivity index (χ0) is 16.3. The van der Waals surface area contributed by atoms with Gasteiger partial charge in [-0.25, -0.2) is 14.8 Å². The van der Waals surface area contributed by atoms with Crippen molar-refractivity contribution < 1.29 is 9.53 Å². The van der Waals surface area contributed by atoms with E-state index in [0.29, 0.717) is 24.1 Å². The minimum absolute atomic E-state index is 0.244. The van der Waals surface area contributed by atoms with Crippen molar-refractivity contribution in [1.29, 1.82) is 0 Å². The van der Waals surface area contributed by atoms with Crippen LogP contribution in [0.1, 0.15) is 39.4 Å². The molecule has 1 aliphatic heterocycles. The monoisotopic (exact) mass is 326 g/mol. The fraction of sp³-hybridized carbons (Fsp3) is 0.667. The minimum atomic E-state index is -0.457. The van der Waals surface area contributed by atoms with Gasteiger partial charge in [-0.05, 0) is 40.5 Å². The second-order valence-corrected chi connectivity index (χ2v) is 6.90. The lowest BCUT2D eigenvalue weighted by atomic mass is 10.1. The Morgan fingerprint density at radius 3 is 2.55 bits per heavy atom. The van der Waals surface area contributed by atoms with Crippen molar-refractivity contribution in [3.8, 4) is 0 Å². The molecule has 6 nitrogen and oxygen atoms in total. The number of aryl methyl sites for hydroxylation is 1. The summed E-state index contributed by atoms with van der Waals surface area (Å²) >= 11 is 5.93. The Balaban J connectivity index is 1.86. The second kappa shape index (κ2) is 6.69. The molecule has 0 unspecified atom stereocenters. The van der Waals surface area contributed by atoms with Crippen molar-refractivity contribution in [3.05, 3.63) is 17.0 Å². The van der Waals surface area contributed by atoms with E-state index in [2.05, 4.69) is 15.3 Å². The lowest BCUT2D eigenvalue weighted by Crippen LogP contribution is -2.44. The Bertz CT molecular complexity index is 517. The first-order valence-corrected chi connectivity index (χ1v) is 7.86. The molecular weight excluding hydrogens is 304 g/mol. The van der Waals surface area contributed by atoms with E-state index in [4.69, 9.17) is 16.3 Å². The second-order valence-electron chi connectivity index (χ2n) is 6.51. The lowest BCUT2D eigenvalue weighted by molar-refractivity contribution is 0.0210. The Kier molecular flexibility index (Phi) is 5.11. The molecule has 1 aromatic heterocycles. The van der Waals surface area contributed by atoms with Gasteiger partial charge in [0.2, 0.25) is 0 Å². The van der Waals surface area contributed by atoms with E-state index >= 15 is 0 Å². The molecule has 1 aromatic rings. The van der Waals surface area contributed by atoms with Crippen LogP contribution in [0.15, 0.2) is 6.07 Å². The predicted molar refractivity (Wildman–Crippen MR) is 86.2 cm³/mol. The van der Waals surface area contributed by atoms with Crippen LogP contribution in [0, 0.1) is 6.92 Å². The van der Waals surface area contributed by atoms with E-state index in [9.17, 15) is 4.79 Å². The molecule has 0 atom stereocenters. The SMILES string of the molecule is Cc1nc(Cl)cc(NC2CCN(C(=O)OC(C)(C)C)CC2)n1. The van der Waals surface area contributed by atoms with Crippen LogP contribution in [-0.2, 0) is 4.74 Å². The van der Waals surface area contributed by atoms with Crippen molar-refractivity contribution in [3.63, 3.8) is 0 Å². The smallest absolute Gasteiger partial charge is 0.410 e. The summed E-state index contributed by atoms with van der Waals surface area (Å²) in [6, 6.07) is 1.98. The number of hydrogen-bond acceptors (Lipinski definition) is 5. The van der Waals surface area contributed by atoms with Gasteiger partial charge in [-0.3, -0.25) is 0 Å². The highest BCUT2D eigenvalue weighted by Gasteiger charge is 2.26. The van der Waals surface area contributed by atoms with Crippen LogP contribution in [0.3, 0.4) is 0 Å². The van der Waals surface area contributed by atoms with Crippen molar-refractivity contribution >= 4 is 23.5 Å². The van der Waals surface area contributed by atoms with Gasteiger partial charge in [0.1, 0.15) is 22.4 Å². The number of anilines is 1. The molecule has 2 rings (SSSR count). The normalized spacial score (nSPS) is 16.5. The molecule has 1 amide bonds. The third-order valence-corrected chi connectivity index (χ3v) is 3.50. The van der Waals surface area contributed by atoms with Crippen LogP contribution >= 0.6 is 11.6 Å². The number of rotatable bonds is 2. The molecule has 0 saturated carbocycles. The van der Waals surface area contributed by atoms with Crippen LogP contribution in [0.5, 0.6) is 0 Å². The summed E-state index contributed by atoms with van der Waals surface area (Å²) in [5.74, 6) is 1.37. The number of aromatic nitrogens is 2. The first kappa shape index (κ1) is 16.8. The molecular formula is C15H23ClN4O2. The predicted octanol–water partition coefficient (Wildman–Crippen LogP) is 3.25. The quantitative estimate of drug-likeness (QED) is 0.845. The summed E-state index contributed by atoms with van der Waals surface area (Å²) in [6.07, 6.45) is 1.45. The molecule has 0 bridgehead atoms. The third-order valence-electron chi connectivity index (χ3n) is 3.31. The maximum atomic E-state index is 12.0. The molecule has 1 saturated heterocycles. The highest BCUT2D eigenvalue weighted by Crippen LogP contribution is 2.19. The number of carbonyl (C=O) groups is 1. The van der Waals surface area contributed by atoms with Gasteiger partial charge in [-0.2, -0.15) is 0 Å². The summed E-state index contributed by atoms with van der Waals surface area (Å²) in [7, 11) is 0. The number of carbonyl (C=O) groups excluding carboxylic acids is 1. The number of ether oxygens (including phenoxy) is 1. The molecule has 22 heavy (non-hydrogen) atoms. The summed E-state index contributed by atoms with van der Waals surface area (Å²) in [5.41, 5.74) is -0.457. The van der Waals surface area contributed by atoms with Crippen LogP contribution in [0.2, 0.25) is 5.15 Å². The van der Waals surface area contributed by atoms with Crippen LogP contribution in [0.25, 0.3) is 0 Å². The van der Waals surface area contributed by atoms with E-state index < -0.39 is 5.60 Å². The topological polar surface area (TPSA) is 67.4 Å². The Morgan fingerprint density at radius 1 is 1.36 bits per heavy atom. The number of nitrogens with zero attached hydrogens (tertiary/aromatic N) is 3. The molecule has 122 valence electrons. The lowest BCUT2D eigenvalue weighted by Gasteiger charge is -2.33. The van der Waals surface area contributed by atoms with E-state index in [-0.39, 0.29) is 12.1 Å². The first-order valence-electron chi connectivity index (χ1n) is 7.48. The van der Waals surface area contributed by atoms with E-state index in [0.717, 1.165) is 18.7 Å². The van der Waals surface area contributed by atoms with Crippen molar-refractivity contribution in [2.24, 2.45) is 0 Å². The number of piperidine rings is 1. The average Bonchev–Trinajstić information content (AvgIpc) is 2.36. The van der Waals surface area contributed by atoms with Crippen molar-refractivity contribution in [2.45, 2.75) is 52.2 Å². The summed E-state index contributed by atoms with van der Waals surface area (Å²) in [5, 5.41) is 3.79. The zero-order valence-electron chi connectivity index (χ0n) is 13.5. The highest BCUT2D eigenvalue weighted by atomic mass is 35.5. The van der Waals surface area contributed by atoms with Gasteiger partial charge in [0, 0.05) is 25.2 Å². The number of nitrogens with one attached hydrogen (secondary N) is 1. The van der Waals surface area contributed by atoms with Gasteiger partial charge in [0.25, 0.3) is 0 Å². The standard InChI is InChI=1S/C15H23ClN4O2/c1-10-17-12(16)9-13(18-10)19-11-5-7-20(8-6-11)14(21)22-15(2,3)4/h9,11H,5-8H2,1-4H3,(H,17,18,19). The largest absolute Gasteiger partial charge is 0.444 e. The zero-order valence-corrected chi connectivity index (χ0v) is 14.3. The van der Waals surface area contributed by atoms with Gasteiger partial charge in [-0.15, -0.1) is 0 Å². The summed E-state index contributed by atoms with van der Waals surface area (Å²) in [4.78, 5) is 22.1. The van der Waals surface area contributed by atoms with Crippen LogP contribution < -0.4 is 5.32 Å². The number of hydrogen-bond donors (Lipinski definition) is 1. The average molecular weight is 327 g/mol. The van der Waals surface area contributed by atoms with Gasteiger partial charge in [0.05, 0.1) is 0 Å². The maximum Gasteiger partial charge on any atom is 0.410 e. The van der Waals surface area contributed by atoms with Gasteiger partial charge in [-0.1, -0.05) is 11.6 Å². The minimum Gasteiger partial charge on any atom is -0.444 e. The first-order chi connectivity index (χ1) is 10.2. The molecule has 1 fully saturated rings. The van der Waals surface area contributed by atoms with Gasteiger partial charge >= 0.3 is 6.09 Å². The van der Waals surface area contributed by atoms with E-state index in [1.807, 2.05) is 27.7 Å². The van der Waals surface area contributed by atoms with Crippen LogP contribution in [0.4, 0.5) is 10.6 Å². The molecule has 0 aliphatic carbocycles. The van der Waals surface area contributed by atoms with Crippen molar-refractivity contribution in [1.82, 2.24) is 14.9 Å². The Morgan fingerprint density at radius 2 is 2.00 bits per heavy atom. The third kappa shape index (κ3) is 5.02. The summed E-state index contributed by atoms with van der Waals surface area (Å²) < 4.78 is 5.39. The Hall–Kier alpha value is -1.56. The number of likely N-dealkylation sites (tertiary alicyclic amines) is 1. The van der Waals surface area contributed by atoms with Gasteiger partial charge < -0.3 is 15.0 Å². The molecule has 0 aromatic carbocycles. The summed E-state index contributed by atoms with van der Waals surface area (Å²) in [6.45, 7) is 8.78. The highest BCUT2D eigenvalue weighted by molar-refractivity contribution is 6.29. The number of halogens is 1.